The number of hydrogen-bond donors (Lipinski definition) is 1. The van der Waals surface area contributed by atoms with Crippen molar-refractivity contribution in [3.63, 3.8) is 0 Å². The number of imide groups is 2. The molecule has 2 saturated carbocycles. The molecule has 5 amide bonds. The molecule has 194 valence electrons. The Kier molecular flexibility index (Phi) is 4.55. The molecule has 2 aliphatic heterocycles. The third-order valence-electron chi connectivity index (χ3n) is 9.71. The van der Waals surface area contributed by atoms with Gasteiger partial charge in [-0.1, -0.05) is 24.3 Å². The maximum Gasteiger partial charge on any atom is 0.255 e. The Morgan fingerprint density at radius 3 is 1.31 bits per heavy atom. The number of anilines is 3. The first-order chi connectivity index (χ1) is 18.9. The first-order valence-electron chi connectivity index (χ1n) is 13.5. The van der Waals surface area contributed by atoms with Gasteiger partial charge in [0.05, 0.1) is 35.0 Å². The third-order valence-corrected chi connectivity index (χ3v) is 9.71. The van der Waals surface area contributed by atoms with Gasteiger partial charge in [-0.05, 0) is 85.0 Å². The molecule has 8 rings (SSSR count). The molecular weight excluding hydrogens is 494 g/mol. The molecule has 0 aromatic heterocycles. The zero-order chi connectivity index (χ0) is 26.6. The molecule has 0 radical (unpaired) electrons. The number of nitrogens with one attached hydrogen (secondary N) is 1. The molecule has 2 saturated heterocycles. The highest BCUT2D eigenvalue weighted by molar-refractivity contribution is 6.23. The monoisotopic (exact) mass is 519 g/mol. The standard InChI is InChI=1S/C31H25N3O5/c35-27(15-5-9-21(10-6-15)33-28(36)23-16-1-2-17(13-16)24(23)29(33)37)32-20-7-11-22(12-8-20)34-30(38)25-18-3-4-19(14-18)26(25)31(34)39/h1-12,16-19,23-26H,13-14H2,(H,32,35)/t16-,17-,18-,19-,23-,24+,25-,26-/m0/s1. The second-order valence-electron chi connectivity index (χ2n) is 11.6. The molecule has 0 unspecified atom stereocenters. The van der Waals surface area contributed by atoms with E-state index in [-0.39, 0.29) is 76.9 Å². The fourth-order valence-electron chi connectivity index (χ4n) is 7.97. The van der Waals surface area contributed by atoms with Crippen LogP contribution in [0, 0.1) is 47.3 Å². The van der Waals surface area contributed by atoms with Crippen LogP contribution < -0.4 is 15.1 Å². The molecule has 39 heavy (non-hydrogen) atoms. The summed E-state index contributed by atoms with van der Waals surface area (Å²) in [5.41, 5.74) is 1.89. The number of fused-ring (bicyclic) bond motifs is 10. The summed E-state index contributed by atoms with van der Waals surface area (Å²) in [7, 11) is 0. The van der Waals surface area contributed by atoms with Gasteiger partial charge in [0.25, 0.3) is 5.91 Å². The molecule has 8 heteroatoms. The first-order valence-corrected chi connectivity index (χ1v) is 13.5. The van der Waals surface area contributed by atoms with Crippen molar-refractivity contribution >= 4 is 46.6 Å². The number of carbonyl (C=O) groups is 5. The molecule has 6 aliphatic rings. The largest absolute Gasteiger partial charge is 0.322 e. The fraction of sp³-hybridized carbons (Fsp3) is 0.323. The highest BCUT2D eigenvalue weighted by Crippen LogP contribution is 2.54. The summed E-state index contributed by atoms with van der Waals surface area (Å²) < 4.78 is 0. The SMILES string of the molecule is O=C(Nc1ccc(N2C(=O)[C@@H]3[C@@H](C2=O)[C@H]2C=C[C@H]3C2)cc1)c1ccc(N2C(=O)[C@@H]3[C@H](C2=O)[C@H]2C=C[C@H]3C2)cc1. The van der Waals surface area contributed by atoms with Crippen LogP contribution in [-0.2, 0) is 19.2 Å². The number of nitrogens with zero attached hydrogens (tertiary/aromatic N) is 2. The minimum Gasteiger partial charge on any atom is -0.322 e. The molecular formula is C31H25N3O5. The van der Waals surface area contributed by atoms with Crippen molar-refractivity contribution in [3.05, 3.63) is 78.4 Å². The van der Waals surface area contributed by atoms with Gasteiger partial charge in [-0.2, -0.15) is 0 Å². The van der Waals surface area contributed by atoms with Crippen molar-refractivity contribution in [2.75, 3.05) is 15.1 Å². The van der Waals surface area contributed by atoms with E-state index in [2.05, 4.69) is 29.6 Å². The van der Waals surface area contributed by atoms with Gasteiger partial charge in [-0.15, -0.1) is 0 Å². The van der Waals surface area contributed by atoms with Gasteiger partial charge >= 0.3 is 0 Å². The molecule has 1 N–H and O–H groups in total. The lowest BCUT2D eigenvalue weighted by atomic mass is 9.85. The maximum absolute atomic E-state index is 13.0. The summed E-state index contributed by atoms with van der Waals surface area (Å²) in [6, 6.07) is 13.2. The highest BCUT2D eigenvalue weighted by Gasteiger charge is 2.60. The maximum atomic E-state index is 13.0. The Morgan fingerprint density at radius 1 is 0.564 bits per heavy atom. The van der Waals surface area contributed by atoms with E-state index >= 15 is 0 Å². The number of benzene rings is 2. The molecule has 8 nitrogen and oxygen atoms in total. The van der Waals surface area contributed by atoms with Gasteiger partial charge in [-0.3, -0.25) is 33.8 Å². The third kappa shape index (κ3) is 3.02. The van der Waals surface area contributed by atoms with E-state index in [1.165, 1.54) is 9.80 Å². The second-order valence-corrected chi connectivity index (χ2v) is 11.6. The number of hydrogen-bond acceptors (Lipinski definition) is 5. The molecule has 0 spiro atoms. The second kappa shape index (κ2) is 7.85. The van der Waals surface area contributed by atoms with Gasteiger partial charge in [0.15, 0.2) is 0 Å². The number of amides is 5. The summed E-state index contributed by atoms with van der Waals surface area (Å²) in [4.78, 5) is 67.6. The van der Waals surface area contributed by atoms with Crippen LogP contribution in [-0.4, -0.2) is 29.5 Å². The summed E-state index contributed by atoms with van der Waals surface area (Å²) >= 11 is 0. The summed E-state index contributed by atoms with van der Waals surface area (Å²) in [5, 5.41) is 2.83. The van der Waals surface area contributed by atoms with E-state index in [1.807, 2.05) is 0 Å². The van der Waals surface area contributed by atoms with Crippen LogP contribution in [0.3, 0.4) is 0 Å². The molecule has 4 bridgehead atoms. The van der Waals surface area contributed by atoms with E-state index in [1.54, 1.807) is 48.5 Å². The average molecular weight is 520 g/mol. The Hall–Kier alpha value is -4.33. The lowest BCUT2D eigenvalue weighted by Gasteiger charge is -2.18. The van der Waals surface area contributed by atoms with E-state index in [0.29, 0.717) is 22.6 Å². The summed E-state index contributed by atoms with van der Waals surface area (Å²) in [6.45, 7) is 0. The van der Waals surface area contributed by atoms with Gasteiger partial charge < -0.3 is 5.32 Å². The van der Waals surface area contributed by atoms with Crippen LogP contribution in [0.4, 0.5) is 17.1 Å². The van der Waals surface area contributed by atoms with E-state index in [4.69, 9.17) is 0 Å². The zero-order valence-electron chi connectivity index (χ0n) is 20.9. The molecule has 2 heterocycles. The van der Waals surface area contributed by atoms with Gasteiger partial charge in [-0.25, -0.2) is 0 Å². The predicted molar refractivity (Wildman–Crippen MR) is 141 cm³/mol. The Morgan fingerprint density at radius 2 is 0.923 bits per heavy atom. The van der Waals surface area contributed by atoms with E-state index in [0.717, 1.165) is 12.8 Å². The van der Waals surface area contributed by atoms with E-state index < -0.39 is 0 Å². The lowest BCUT2D eigenvalue weighted by Crippen LogP contribution is -2.32. The van der Waals surface area contributed by atoms with Crippen LogP contribution in [0.1, 0.15) is 23.2 Å². The van der Waals surface area contributed by atoms with Crippen molar-refractivity contribution in [3.8, 4) is 0 Å². The molecule has 4 aliphatic carbocycles. The van der Waals surface area contributed by atoms with Crippen molar-refractivity contribution < 1.29 is 24.0 Å². The smallest absolute Gasteiger partial charge is 0.255 e. The molecule has 2 aromatic rings. The van der Waals surface area contributed by atoms with Gasteiger partial charge in [0.1, 0.15) is 0 Å². The summed E-state index contributed by atoms with van der Waals surface area (Å²) in [6.07, 6.45) is 10.0. The number of rotatable bonds is 4. The van der Waals surface area contributed by atoms with Crippen molar-refractivity contribution in [1.29, 1.82) is 0 Å². The lowest BCUT2D eigenvalue weighted by molar-refractivity contribution is -0.124. The fourth-order valence-corrected chi connectivity index (χ4v) is 7.97. The van der Waals surface area contributed by atoms with E-state index in [9.17, 15) is 24.0 Å². The first kappa shape index (κ1) is 22.6. The number of allylic oxidation sites excluding steroid dienone is 4. The van der Waals surface area contributed by atoms with Gasteiger partial charge in [0, 0.05) is 11.3 Å². The van der Waals surface area contributed by atoms with Crippen LogP contribution in [0.25, 0.3) is 0 Å². The minimum atomic E-state index is -0.349. The van der Waals surface area contributed by atoms with Crippen molar-refractivity contribution in [1.82, 2.24) is 0 Å². The highest BCUT2D eigenvalue weighted by atomic mass is 16.2. The van der Waals surface area contributed by atoms with Crippen LogP contribution >= 0.6 is 0 Å². The Balaban J connectivity index is 0.952. The minimum absolute atomic E-state index is 0.138. The van der Waals surface area contributed by atoms with Crippen LogP contribution in [0.15, 0.2) is 72.8 Å². The molecule has 2 aromatic carbocycles. The quantitative estimate of drug-likeness (QED) is 0.492. The van der Waals surface area contributed by atoms with Crippen LogP contribution in [0.5, 0.6) is 0 Å². The van der Waals surface area contributed by atoms with Crippen molar-refractivity contribution in [2.24, 2.45) is 47.3 Å². The number of carbonyl (C=O) groups excluding carboxylic acids is 5. The topological polar surface area (TPSA) is 104 Å². The normalized spacial score (nSPS) is 35.0. The average Bonchev–Trinajstić information content (AvgIpc) is 3.78. The Bertz CT molecular complexity index is 1480. The van der Waals surface area contributed by atoms with Gasteiger partial charge in [0.2, 0.25) is 23.6 Å². The predicted octanol–water partition coefficient (Wildman–Crippen LogP) is 3.56. The van der Waals surface area contributed by atoms with Crippen molar-refractivity contribution in [2.45, 2.75) is 12.8 Å². The molecule has 8 atom stereocenters. The summed E-state index contributed by atoms with van der Waals surface area (Å²) in [5.74, 6) is -1.38. The molecule has 4 fully saturated rings. The Labute approximate surface area is 224 Å². The zero-order valence-corrected chi connectivity index (χ0v) is 20.9. The van der Waals surface area contributed by atoms with Crippen LogP contribution in [0.2, 0.25) is 0 Å².